The number of aromatic amines is 1. The molecule has 0 saturated carbocycles. The van der Waals surface area contributed by atoms with Gasteiger partial charge < -0.3 is 10.3 Å². The molecule has 0 aliphatic carbocycles. The van der Waals surface area contributed by atoms with Gasteiger partial charge in [0.05, 0.1) is 0 Å². The van der Waals surface area contributed by atoms with Crippen molar-refractivity contribution in [2.24, 2.45) is 5.92 Å². The smallest absolute Gasteiger partial charge is 0.226 e. The maximum Gasteiger partial charge on any atom is 0.226 e. The molecule has 0 atom stereocenters. The van der Waals surface area contributed by atoms with E-state index in [4.69, 9.17) is 0 Å². The Bertz CT molecular complexity index is 655. The van der Waals surface area contributed by atoms with Crippen LogP contribution in [0.3, 0.4) is 0 Å². The average Bonchev–Trinajstić information content (AvgIpc) is 2.98. The topological polar surface area (TPSA) is 62.0 Å². The molecular weight excluding hydrogens is 264 g/mol. The summed E-state index contributed by atoms with van der Waals surface area (Å²) in [6, 6.07) is 10.7. The number of benzene rings is 1. The molecule has 0 unspecified atom stereocenters. The maximum atomic E-state index is 12.1. The number of ketones is 1. The van der Waals surface area contributed by atoms with Gasteiger partial charge in [-0.1, -0.05) is 26.0 Å². The molecule has 2 N–H and O–H groups in total. The lowest BCUT2D eigenvalue weighted by Gasteiger charge is -2.08. The number of rotatable bonds is 5. The van der Waals surface area contributed by atoms with Crippen LogP contribution in [-0.4, -0.2) is 16.7 Å². The first-order valence-corrected chi connectivity index (χ1v) is 6.83. The van der Waals surface area contributed by atoms with Crippen molar-refractivity contribution in [1.82, 2.24) is 4.98 Å². The van der Waals surface area contributed by atoms with Crippen molar-refractivity contribution in [3.63, 3.8) is 0 Å². The van der Waals surface area contributed by atoms with Gasteiger partial charge in [-0.2, -0.15) is 0 Å². The van der Waals surface area contributed by atoms with Gasteiger partial charge in [0.25, 0.3) is 0 Å². The molecule has 1 heterocycles. The van der Waals surface area contributed by atoms with Crippen LogP contribution in [0.1, 0.15) is 29.9 Å². The molecule has 0 bridgehead atoms. The van der Waals surface area contributed by atoms with Gasteiger partial charge in [0.1, 0.15) is 0 Å². The third-order valence-corrected chi connectivity index (χ3v) is 2.98. The first-order valence-electron chi connectivity index (χ1n) is 6.83. The maximum absolute atomic E-state index is 12.1. The van der Waals surface area contributed by atoms with Crippen LogP contribution in [-0.2, 0) is 4.79 Å². The Kier molecular flexibility index (Phi) is 4.72. The Morgan fingerprint density at radius 2 is 2.00 bits per heavy atom. The minimum absolute atomic E-state index is 0.0680. The molecule has 1 aromatic carbocycles. The van der Waals surface area contributed by atoms with Crippen LogP contribution in [0, 0.1) is 5.92 Å². The molecular formula is C17H18N2O2. The summed E-state index contributed by atoms with van der Waals surface area (Å²) < 4.78 is 0. The lowest BCUT2D eigenvalue weighted by molar-refractivity contribution is -0.118. The van der Waals surface area contributed by atoms with E-state index in [-0.39, 0.29) is 17.6 Å². The summed E-state index contributed by atoms with van der Waals surface area (Å²) in [7, 11) is 0. The van der Waals surface area contributed by atoms with Crippen molar-refractivity contribution in [3.05, 3.63) is 59.9 Å². The number of hydrogen-bond donors (Lipinski definition) is 2. The monoisotopic (exact) mass is 282 g/mol. The second-order valence-corrected chi connectivity index (χ2v) is 5.05. The Hall–Kier alpha value is -2.62. The highest BCUT2D eigenvalue weighted by atomic mass is 16.1. The number of H-pyrrole nitrogens is 1. The first-order chi connectivity index (χ1) is 10.1. The van der Waals surface area contributed by atoms with E-state index in [9.17, 15) is 9.59 Å². The summed E-state index contributed by atoms with van der Waals surface area (Å²) in [6.07, 6.45) is 5.03. The molecule has 108 valence electrons. The first kappa shape index (κ1) is 14.8. The predicted molar refractivity (Wildman–Crippen MR) is 84.1 cm³/mol. The molecule has 1 amide bonds. The number of amides is 1. The van der Waals surface area contributed by atoms with Gasteiger partial charge in [-0.15, -0.1) is 0 Å². The Labute approximate surface area is 123 Å². The highest BCUT2D eigenvalue weighted by molar-refractivity contribution is 6.07. The van der Waals surface area contributed by atoms with Gasteiger partial charge in [0, 0.05) is 29.1 Å². The van der Waals surface area contributed by atoms with E-state index in [0.29, 0.717) is 11.3 Å². The van der Waals surface area contributed by atoms with Crippen LogP contribution in [0.2, 0.25) is 0 Å². The summed E-state index contributed by atoms with van der Waals surface area (Å²) in [5.41, 5.74) is 2.04. The Morgan fingerprint density at radius 1 is 1.19 bits per heavy atom. The molecule has 0 spiro atoms. The molecule has 0 radical (unpaired) electrons. The third-order valence-electron chi connectivity index (χ3n) is 2.98. The van der Waals surface area contributed by atoms with Crippen LogP contribution < -0.4 is 5.32 Å². The SMILES string of the molecule is CC(C)C(=O)Nc1cccc(C(=O)/C=C/c2ccc[nH]2)c1. The standard InChI is InChI=1S/C17H18N2O2/c1-12(2)17(21)19-15-6-3-5-13(11-15)16(20)9-8-14-7-4-10-18-14/h3-12,18H,1-2H3,(H,19,21)/b9-8+. The summed E-state index contributed by atoms with van der Waals surface area (Å²) in [6.45, 7) is 3.65. The highest BCUT2D eigenvalue weighted by Crippen LogP contribution is 2.13. The van der Waals surface area contributed by atoms with Crippen LogP contribution >= 0.6 is 0 Å². The summed E-state index contributed by atoms with van der Waals surface area (Å²) in [4.78, 5) is 26.8. The highest BCUT2D eigenvalue weighted by Gasteiger charge is 2.08. The van der Waals surface area contributed by atoms with Crippen molar-refractivity contribution in [2.75, 3.05) is 5.32 Å². The van der Waals surface area contributed by atoms with E-state index < -0.39 is 0 Å². The van der Waals surface area contributed by atoms with Gasteiger partial charge in [0.15, 0.2) is 5.78 Å². The average molecular weight is 282 g/mol. The normalized spacial score (nSPS) is 11.0. The molecule has 0 saturated heterocycles. The molecule has 0 aliphatic heterocycles. The molecule has 4 heteroatoms. The Morgan fingerprint density at radius 3 is 2.67 bits per heavy atom. The van der Waals surface area contributed by atoms with Gasteiger partial charge in [-0.3, -0.25) is 9.59 Å². The van der Waals surface area contributed by atoms with Crippen LogP contribution in [0.4, 0.5) is 5.69 Å². The summed E-state index contributed by atoms with van der Waals surface area (Å²) in [5.74, 6) is -0.274. The van der Waals surface area contributed by atoms with Gasteiger partial charge >= 0.3 is 0 Å². The number of aromatic nitrogens is 1. The molecule has 2 aromatic rings. The molecule has 0 fully saturated rings. The van der Waals surface area contributed by atoms with Crippen LogP contribution in [0.15, 0.2) is 48.7 Å². The molecule has 21 heavy (non-hydrogen) atoms. The predicted octanol–water partition coefficient (Wildman–Crippen LogP) is 3.51. The molecule has 0 aliphatic rings. The summed E-state index contributed by atoms with van der Waals surface area (Å²) >= 11 is 0. The lowest BCUT2D eigenvalue weighted by Crippen LogP contribution is -2.17. The zero-order valence-electron chi connectivity index (χ0n) is 12.1. The number of carbonyl (C=O) groups excluding carboxylic acids is 2. The van der Waals surface area contributed by atoms with Gasteiger partial charge in [-0.05, 0) is 36.4 Å². The van der Waals surface area contributed by atoms with E-state index in [1.54, 1.807) is 36.5 Å². The fraction of sp³-hybridized carbons (Fsp3) is 0.176. The van der Waals surface area contributed by atoms with Gasteiger partial charge in [0.2, 0.25) is 5.91 Å². The molecule has 2 rings (SSSR count). The molecule has 1 aromatic heterocycles. The molecule has 4 nitrogen and oxygen atoms in total. The second-order valence-electron chi connectivity index (χ2n) is 5.05. The Balaban J connectivity index is 2.09. The lowest BCUT2D eigenvalue weighted by atomic mass is 10.1. The van der Waals surface area contributed by atoms with E-state index in [1.807, 2.05) is 26.0 Å². The number of carbonyl (C=O) groups is 2. The quantitative estimate of drug-likeness (QED) is 0.651. The van der Waals surface area contributed by atoms with E-state index in [2.05, 4.69) is 10.3 Å². The van der Waals surface area contributed by atoms with Gasteiger partial charge in [-0.25, -0.2) is 0 Å². The van der Waals surface area contributed by atoms with Crippen LogP contribution in [0.5, 0.6) is 0 Å². The minimum atomic E-state index is -0.106. The fourth-order valence-electron chi connectivity index (χ4n) is 1.75. The van der Waals surface area contributed by atoms with E-state index in [1.165, 1.54) is 6.08 Å². The third kappa shape index (κ3) is 4.18. The number of hydrogen-bond acceptors (Lipinski definition) is 2. The van der Waals surface area contributed by atoms with Crippen molar-refractivity contribution < 1.29 is 9.59 Å². The zero-order chi connectivity index (χ0) is 15.2. The summed E-state index contributed by atoms with van der Waals surface area (Å²) in [5, 5.41) is 2.78. The van der Waals surface area contributed by atoms with Crippen molar-refractivity contribution in [3.8, 4) is 0 Å². The largest absolute Gasteiger partial charge is 0.362 e. The second kappa shape index (κ2) is 6.70. The van der Waals surface area contributed by atoms with Crippen molar-refractivity contribution >= 4 is 23.5 Å². The zero-order valence-corrected chi connectivity index (χ0v) is 12.1. The van der Waals surface area contributed by atoms with Crippen molar-refractivity contribution in [2.45, 2.75) is 13.8 Å². The van der Waals surface area contributed by atoms with E-state index in [0.717, 1.165) is 5.69 Å². The van der Waals surface area contributed by atoms with Crippen molar-refractivity contribution in [1.29, 1.82) is 0 Å². The van der Waals surface area contributed by atoms with E-state index >= 15 is 0 Å². The van der Waals surface area contributed by atoms with Crippen LogP contribution in [0.25, 0.3) is 6.08 Å². The number of anilines is 1. The fourth-order valence-corrected chi connectivity index (χ4v) is 1.75. The number of allylic oxidation sites excluding steroid dienone is 1. The number of nitrogens with one attached hydrogen (secondary N) is 2. The minimum Gasteiger partial charge on any atom is -0.362 e.